The van der Waals surface area contributed by atoms with Crippen LogP contribution in [0.2, 0.25) is 0 Å². The maximum atomic E-state index is 12.8. The summed E-state index contributed by atoms with van der Waals surface area (Å²) in [6.45, 7) is 2.98. The lowest BCUT2D eigenvalue weighted by Gasteiger charge is -2.34. The van der Waals surface area contributed by atoms with Crippen LogP contribution in [0.3, 0.4) is 0 Å². The van der Waals surface area contributed by atoms with E-state index in [1.54, 1.807) is 12.1 Å². The van der Waals surface area contributed by atoms with E-state index in [2.05, 4.69) is 10.6 Å². The molecule has 2 aromatic rings. The second-order valence-corrected chi connectivity index (χ2v) is 8.48. The van der Waals surface area contributed by atoms with Crippen molar-refractivity contribution in [3.8, 4) is 11.5 Å². The summed E-state index contributed by atoms with van der Waals surface area (Å²) in [7, 11) is 0. The molecule has 1 fully saturated rings. The van der Waals surface area contributed by atoms with E-state index in [1.807, 2.05) is 0 Å². The summed E-state index contributed by atoms with van der Waals surface area (Å²) in [5.41, 5.74) is -0.486. The van der Waals surface area contributed by atoms with Gasteiger partial charge in [0.1, 0.15) is 0 Å². The van der Waals surface area contributed by atoms with E-state index >= 15 is 0 Å². The lowest BCUT2D eigenvalue weighted by molar-refractivity contribution is -0.386. The lowest BCUT2D eigenvalue weighted by Crippen LogP contribution is -2.56. The molecule has 1 aliphatic rings. The van der Waals surface area contributed by atoms with E-state index in [0.717, 1.165) is 12.8 Å². The van der Waals surface area contributed by atoms with Crippen molar-refractivity contribution in [2.45, 2.75) is 63.8 Å². The smallest absolute Gasteiger partial charge is 0.310 e. The maximum Gasteiger partial charge on any atom is 0.310 e. The fourth-order valence-corrected chi connectivity index (χ4v) is 3.98. The first-order valence-electron chi connectivity index (χ1n) is 11.6. The van der Waals surface area contributed by atoms with Gasteiger partial charge in [0.05, 0.1) is 9.85 Å². The van der Waals surface area contributed by atoms with E-state index in [1.165, 1.54) is 50.2 Å². The number of hydrogen-bond donors (Lipinski definition) is 2. The highest BCUT2D eigenvalue weighted by Gasteiger charge is 2.32. The first kappa shape index (κ1) is 26.4. The summed E-state index contributed by atoms with van der Waals surface area (Å²) in [5, 5.41) is 28.2. The number of hydrogen-bond acceptors (Lipinski definition) is 8. The molecule has 3 rings (SSSR count). The number of amides is 2. The van der Waals surface area contributed by atoms with Crippen molar-refractivity contribution in [3.63, 3.8) is 0 Å². The van der Waals surface area contributed by atoms with Crippen molar-refractivity contribution in [2.24, 2.45) is 0 Å². The number of nitro benzene ring substituents is 2. The first-order valence-corrected chi connectivity index (χ1v) is 11.6. The summed E-state index contributed by atoms with van der Waals surface area (Å²) in [5.74, 6) is -0.966. The number of nitro groups is 2. The summed E-state index contributed by atoms with van der Waals surface area (Å²) in [4.78, 5) is 46.8. The van der Waals surface area contributed by atoms with Gasteiger partial charge in [0.15, 0.2) is 23.7 Å². The van der Waals surface area contributed by atoms with Crippen LogP contribution >= 0.6 is 0 Å². The Morgan fingerprint density at radius 1 is 0.778 bits per heavy atom. The Morgan fingerprint density at radius 3 is 1.50 bits per heavy atom. The highest BCUT2D eigenvalue weighted by atomic mass is 16.6. The van der Waals surface area contributed by atoms with E-state index < -0.39 is 33.9 Å². The predicted octanol–water partition coefficient (Wildman–Crippen LogP) is 3.28. The van der Waals surface area contributed by atoms with Crippen LogP contribution in [-0.4, -0.2) is 46.0 Å². The molecule has 2 amide bonds. The van der Waals surface area contributed by atoms with Crippen LogP contribution in [0.5, 0.6) is 11.5 Å². The zero-order valence-electron chi connectivity index (χ0n) is 19.9. The topological polar surface area (TPSA) is 163 Å². The summed E-state index contributed by atoms with van der Waals surface area (Å²) >= 11 is 0. The first-order chi connectivity index (χ1) is 17.2. The van der Waals surface area contributed by atoms with Crippen LogP contribution in [0.15, 0.2) is 48.5 Å². The zero-order valence-corrected chi connectivity index (χ0v) is 19.9. The van der Waals surface area contributed by atoms with Crippen LogP contribution in [0, 0.1) is 20.2 Å². The molecule has 0 bridgehead atoms. The highest BCUT2D eigenvalue weighted by Crippen LogP contribution is 2.28. The number of benzene rings is 2. The molecule has 0 spiro atoms. The van der Waals surface area contributed by atoms with Crippen molar-refractivity contribution < 1.29 is 28.9 Å². The highest BCUT2D eigenvalue weighted by molar-refractivity contribution is 5.82. The SMILES string of the molecule is CC(Oc1ccccc1[N+](=O)[O-])C(=O)NC1CCCCC1NC(=O)C(C)Oc1ccccc1[N+](=O)[O-]. The summed E-state index contributed by atoms with van der Waals surface area (Å²) < 4.78 is 11.1. The maximum absolute atomic E-state index is 12.8. The van der Waals surface area contributed by atoms with E-state index in [9.17, 15) is 29.8 Å². The van der Waals surface area contributed by atoms with Gasteiger partial charge in [-0.2, -0.15) is 0 Å². The molecule has 2 N–H and O–H groups in total. The van der Waals surface area contributed by atoms with Crippen LogP contribution in [-0.2, 0) is 9.59 Å². The standard InChI is InChI=1S/C24H28N4O8/c1-15(35-21-13-7-5-11-19(21)27(31)32)23(29)25-17-9-3-4-10-18(17)26-24(30)16(2)36-22-14-8-6-12-20(22)28(33)34/h5-8,11-18H,3-4,9-10H2,1-2H3,(H,25,29)(H,26,30). The molecule has 4 unspecified atom stereocenters. The fourth-order valence-electron chi connectivity index (χ4n) is 3.98. The number of carbonyl (C=O) groups excluding carboxylic acids is 2. The van der Waals surface area contributed by atoms with Crippen LogP contribution in [0.4, 0.5) is 11.4 Å². The Morgan fingerprint density at radius 2 is 1.14 bits per heavy atom. The Bertz CT molecular complexity index is 1040. The molecule has 4 atom stereocenters. The third kappa shape index (κ3) is 6.68. The monoisotopic (exact) mass is 500 g/mol. The molecular weight excluding hydrogens is 472 g/mol. The second-order valence-electron chi connectivity index (χ2n) is 8.48. The minimum Gasteiger partial charge on any atom is -0.474 e. The average Bonchev–Trinajstić information content (AvgIpc) is 2.85. The molecular formula is C24H28N4O8. The lowest BCUT2D eigenvalue weighted by atomic mass is 9.90. The minimum atomic E-state index is -1.01. The number of nitrogens with zero attached hydrogens (tertiary/aromatic N) is 2. The van der Waals surface area contributed by atoms with Gasteiger partial charge in [0.25, 0.3) is 11.8 Å². The number of nitrogens with one attached hydrogen (secondary N) is 2. The molecule has 0 radical (unpaired) electrons. The molecule has 2 aromatic carbocycles. The third-order valence-electron chi connectivity index (χ3n) is 5.89. The Balaban J connectivity index is 1.61. The fraction of sp³-hybridized carbons (Fsp3) is 0.417. The predicted molar refractivity (Wildman–Crippen MR) is 129 cm³/mol. The third-order valence-corrected chi connectivity index (χ3v) is 5.89. The van der Waals surface area contributed by atoms with E-state index in [-0.39, 0.29) is 35.0 Å². The van der Waals surface area contributed by atoms with Gasteiger partial charge in [-0.3, -0.25) is 29.8 Å². The minimum absolute atomic E-state index is 0.0142. The Hall–Kier alpha value is -4.22. The normalized spacial score (nSPS) is 18.8. The van der Waals surface area contributed by atoms with Gasteiger partial charge in [-0.15, -0.1) is 0 Å². The molecule has 12 nitrogen and oxygen atoms in total. The van der Waals surface area contributed by atoms with Gasteiger partial charge in [-0.1, -0.05) is 37.1 Å². The summed E-state index contributed by atoms with van der Waals surface area (Å²) in [6.07, 6.45) is 0.913. The number of rotatable bonds is 10. The molecule has 36 heavy (non-hydrogen) atoms. The molecule has 0 saturated heterocycles. The quantitative estimate of drug-likeness (QED) is 0.371. The van der Waals surface area contributed by atoms with Gasteiger partial charge in [0, 0.05) is 24.2 Å². The van der Waals surface area contributed by atoms with Crippen molar-refractivity contribution in [1.29, 1.82) is 0 Å². The molecule has 1 saturated carbocycles. The van der Waals surface area contributed by atoms with Gasteiger partial charge in [0.2, 0.25) is 0 Å². The number of para-hydroxylation sites is 4. The average molecular weight is 501 g/mol. The van der Waals surface area contributed by atoms with Crippen molar-refractivity contribution in [2.75, 3.05) is 0 Å². The van der Waals surface area contributed by atoms with Crippen molar-refractivity contribution in [1.82, 2.24) is 10.6 Å². The zero-order chi connectivity index (χ0) is 26.2. The van der Waals surface area contributed by atoms with E-state index in [0.29, 0.717) is 12.8 Å². The molecule has 12 heteroatoms. The second kappa shape index (κ2) is 12.0. The number of carbonyl (C=O) groups is 2. The summed E-state index contributed by atoms with van der Waals surface area (Å²) in [6, 6.07) is 10.8. The molecule has 192 valence electrons. The molecule has 0 heterocycles. The van der Waals surface area contributed by atoms with Crippen molar-refractivity contribution in [3.05, 3.63) is 68.8 Å². The Kier molecular flexibility index (Phi) is 8.76. The van der Waals surface area contributed by atoms with Gasteiger partial charge >= 0.3 is 11.4 Å². The van der Waals surface area contributed by atoms with Crippen molar-refractivity contribution >= 4 is 23.2 Å². The van der Waals surface area contributed by atoms with Crippen LogP contribution in [0.1, 0.15) is 39.5 Å². The van der Waals surface area contributed by atoms with Gasteiger partial charge in [-0.25, -0.2) is 0 Å². The number of ether oxygens (including phenoxy) is 2. The molecule has 1 aliphatic carbocycles. The molecule has 0 aliphatic heterocycles. The van der Waals surface area contributed by atoms with Gasteiger partial charge in [-0.05, 0) is 38.8 Å². The van der Waals surface area contributed by atoms with Gasteiger partial charge < -0.3 is 20.1 Å². The van der Waals surface area contributed by atoms with E-state index in [4.69, 9.17) is 9.47 Å². The largest absolute Gasteiger partial charge is 0.474 e. The molecule has 0 aromatic heterocycles. The Labute approximate surface area is 207 Å². The van der Waals surface area contributed by atoms with Crippen LogP contribution in [0.25, 0.3) is 0 Å². The van der Waals surface area contributed by atoms with Crippen LogP contribution < -0.4 is 20.1 Å².